The Morgan fingerprint density at radius 2 is 1.55 bits per heavy atom. The van der Waals surface area contributed by atoms with E-state index >= 15 is 0 Å². The lowest BCUT2D eigenvalue weighted by Crippen LogP contribution is -2.48. The first-order chi connectivity index (χ1) is 16.0. The van der Waals surface area contributed by atoms with Gasteiger partial charge in [0.15, 0.2) is 0 Å². The van der Waals surface area contributed by atoms with Gasteiger partial charge in [0, 0.05) is 23.9 Å². The van der Waals surface area contributed by atoms with E-state index in [0.29, 0.717) is 11.2 Å². The van der Waals surface area contributed by atoms with Crippen LogP contribution in [0.3, 0.4) is 0 Å². The number of carbonyl (C=O) groups is 1. The minimum Gasteiger partial charge on any atom is -0.427 e. The lowest BCUT2D eigenvalue weighted by molar-refractivity contribution is -0.131. The monoisotopic (exact) mass is 456 g/mol. The number of thiazole rings is 1. The molecule has 0 saturated heterocycles. The Balaban J connectivity index is 1.14. The van der Waals surface area contributed by atoms with Crippen molar-refractivity contribution in [2.45, 2.75) is 50.9 Å². The van der Waals surface area contributed by atoms with Gasteiger partial charge in [-0.3, -0.25) is 4.79 Å². The molecule has 4 aliphatic rings. The molecule has 0 radical (unpaired) electrons. The van der Waals surface area contributed by atoms with Crippen LogP contribution in [0.1, 0.15) is 56.7 Å². The van der Waals surface area contributed by atoms with Gasteiger partial charge in [-0.25, -0.2) is 9.98 Å². The van der Waals surface area contributed by atoms with E-state index in [-0.39, 0.29) is 5.97 Å². The fourth-order valence-corrected chi connectivity index (χ4v) is 7.55. The van der Waals surface area contributed by atoms with E-state index in [1.54, 1.807) is 11.3 Å². The molecule has 0 spiro atoms. The molecule has 0 atom stereocenters. The van der Waals surface area contributed by atoms with Crippen LogP contribution in [0, 0.1) is 17.8 Å². The standard InChI is InChI=1S/C28H28N2O2S/c1-18(31)32-25-8-6-24(7-9-25)23-4-2-19(3-5-23)16-29-27-30-26(17-33-27)28-13-20-10-21(14-28)12-22(11-20)15-28/h2-9,16-17,20-22H,10-15H2,1H3. The van der Waals surface area contributed by atoms with Gasteiger partial charge in [0.05, 0.1) is 5.69 Å². The lowest BCUT2D eigenvalue weighted by atomic mass is 9.49. The fraction of sp³-hybridized carbons (Fsp3) is 0.393. The summed E-state index contributed by atoms with van der Waals surface area (Å²) in [4.78, 5) is 20.8. The van der Waals surface area contributed by atoms with Crippen LogP contribution in [-0.4, -0.2) is 17.2 Å². The SMILES string of the molecule is CC(=O)Oc1ccc(-c2ccc(C=Nc3nc(C45CC6CC(CC(C6)C4)C5)cs3)cc2)cc1. The van der Waals surface area contributed by atoms with E-state index in [1.165, 1.54) is 51.1 Å². The molecule has 1 heterocycles. The van der Waals surface area contributed by atoms with Crippen LogP contribution in [0.25, 0.3) is 11.1 Å². The van der Waals surface area contributed by atoms with E-state index in [9.17, 15) is 4.79 Å². The zero-order chi connectivity index (χ0) is 22.4. The molecule has 3 aromatic rings. The Morgan fingerprint density at radius 1 is 0.970 bits per heavy atom. The number of esters is 1. The fourth-order valence-electron chi connectivity index (χ4n) is 6.76. The van der Waals surface area contributed by atoms with Gasteiger partial charge in [-0.2, -0.15) is 0 Å². The Hall–Kier alpha value is -2.79. The molecular weight excluding hydrogens is 428 g/mol. The first-order valence-corrected chi connectivity index (χ1v) is 12.8. The number of nitrogens with zero attached hydrogens (tertiary/aromatic N) is 2. The summed E-state index contributed by atoms with van der Waals surface area (Å²) in [6, 6.07) is 15.9. The van der Waals surface area contributed by atoms with Crippen molar-refractivity contribution < 1.29 is 9.53 Å². The normalized spacial score (nSPS) is 27.8. The number of ether oxygens (including phenoxy) is 1. The molecule has 0 N–H and O–H groups in total. The summed E-state index contributed by atoms with van der Waals surface area (Å²) in [5.41, 5.74) is 4.90. The first-order valence-electron chi connectivity index (χ1n) is 11.9. The molecule has 1 aromatic heterocycles. The highest BCUT2D eigenvalue weighted by Gasteiger charge is 2.52. The highest BCUT2D eigenvalue weighted by Crippen LogP contribution is 2.60. The Labute approximate surface area is 198 Å². The lowest BCUT2D eigenvalue weighted by Gasteiger charge is -2.56. The van der Waals surface area contributed by atoms with Crippen LogP contribution >= 0.6 is 11.3 Å². The van der Waals surface area contributed by atoms with Crippen molar-refractivity contribution in [1.82, 2.24) is 4.98 Å². The number of aromatic nitrogens is 1. The summed E-state index contributed by atoms with van der Waals surface area (Å²) in [5, 5.41) is 3.15. The highest BCUT2D eigenvalue weighted by atomic mass is 32.1. The van der Waals surface area contributed by atoms with Crippen molar-refractivity contribution in [3.63, 3.8) is 0 Å². The second-order valence-electron chi connectivity index (χ2n) is 10.2. The largest absolute Gasteiger partial charge is 0.427 e. The number of aliphatic imine (C=N–C) groups is 1. The maximum Gasteiger partial charge on any atom is 0.308 e. The topological polar surface area (TPSA) is 51.5 Å². The Bertz CT molecular complexity index is 1160. The molecule has 0 amide bonds. The predicted molar refractivity (Wildman–Crippen MR) is 132 cm³/mol. The van der Waals surface area contributed by atoms with Crippen molar-refractivity contribution in [1.29, 1.82) is 0 Å². The third-order valence-corrected chi connectivity index (χ3v) is 8.51. The second-order valence-corrected chi connectivity index (χ2v) is 11.0. The molecule has 7 rings (SSSR count). The molecule has 4 bridgehead atoms. The molecule has 168 valence electrons. The third kappa shape index (κ3) is 4.15. The summed E-state index contributed by atoms with van der Waals surface area (Å²) in [6.45, 7) is 1.41. The number of benzene rings is 2. The van der Waals surface area contributed by atoms with Crippen molar-refractivity contribution >= 4 is 28.7 Å². The average Bonchev–Trinajstić information content (AvgIpc) is 3.28. The van der Waals surface area contributed by atoms with Crippen LogP contribution in [0.15, 0.2) is 58.9 Å². The van der Waals surface area contributed by atoms with Gasteiger partial charge in [-0.05, 0) is 85.1 Å². The molecule has 4 fully saturated rings. The maximum absolute atomic E-state index is 11.1. The number of rotatable bonds is 5. The van der Waals surface area contributed by atoms with Gasteiger partial charge >= 0.3 is 5.97 Å². The van der Waals surface area contributed by atoms with E-state index < -0.39 is 0 Å². The number of hydrogen-bond donors (Lipinski definition) is 0. The number of hydrogen-bond acceptors (Lipinski definition) is 5. The molecule has 5 heteroatoms. The minimum absolute atomic E-state index is 0.309. The van der Waals surface area contributed by atoms with Crippen molar-refractivity contribution in [2.75, 3.05) is 0 Å². The molecule has 0 unspecified atom stereocenters. The summed E-state index contributed by atoms with van der Waals surface area (Å²) < 4.78 is 5.11. The second kappa shape index (κ2) is 8.21. The average molecular weight is 457 g/mol. The van der Waals surface area contributed by atoms with Crippen molar-refractivity contribution in [2.24, 2.45) is 22.7 Å². The van der Waals surface area contributed by atoms with E-state index in [0.717, 1.165) is 39.6 Å². The van der Waals surface area contributed by atoms with Gasteiger partial charge < -0.3 is 4.74 Å². The van der Waals surface area contributed by atoms with Crippen molar-refractivity contribution in [3.8, 4) is 16.9 Å². The quantitative estimate of drug-likeness (QED) is 0.237. The van der Waals surface area contributed by atoms with Crippen LogP contribution in [0.2, 0.25) is 0 Å². The molecule has 33 heavy (non-hydrogen) atoms. The van der Waals surface area contributed by atoms with Crippen LogP contribution < -0.4 is 4.74 Å². The summed E-state index contributed by atoms with van der Waals surface area (Å²) in [5.74, 6) is 3.05. The zero-order valence-corrected chi connectivity index (χ0v) is 19.7. The van der Waals surface area contributed by atoms with Crippen LogP contribution in [-0.2, 0) is 10.2 Å². The van der Waals surface area contributed by atoms with Crippen LogP contribution in [0.4, 0.5) is 5.13 Å². The van der Waals surface area contributed by atoms with Gasteiger partial charge in [-0.15, -0.1) is 11.3 Å². The van der Waals surface area contributed by atoms with Gasteiger partial charge in [0.2, 0.25) is 5.13 Å². The van der Waals surface area contributed by atoms with Gasteiger partial charge in [-0.1, -0.05) is 36.4 Å². The summed E-state index contributed by atoms with van der Waals surface area (Å²) >= 11 is 1.68. The summed E-state index contributed by atoms with van der Waals surface area (Å²) in [6.07, 6.45) is 10.3. The molecule has 4 aliphatic carbocycles. The summed E-state index contributed by atoms with van der Waals surface area (Å²) in [7, 11) is 0. The maximum atomic E-state index is 11.1. The molecule has 2 aromatic carbocycles. The van der Waals surface area contributed by atoms with Gasteiger partial charge in [0.25, 0.3) is 0 Å². The van der Waals surface area contributed by atoms with Crippen molar-refractivity contribution in [3.05, 3.63) is 65.2 Å². The Morgan fingerprint density at radius 3 is 2.12 bits per heavy atom. The van der Waals surface area contributed by atoms with E-state index in [2.05, 4.69) is 29.6 Å². The number of carbonyl (C=O) groups excluding carboxylic acids is 1. The zero-order valence-electron chi connectivity index (χ0n) is 18.9. The molecule has 0 aliphatic heterocycles. The smallest absolute Gasteiger partial charge is 0.308 e. The third-order valence-electron chi connectivity index (χ3n) is 7.76. The highest BCUT2D eigenvalue weighted by molar-refractivity contribution is 7.13. The Kier molecular flexibility index (Phi) is 5.17. The minimum atomic E-state index is -0.309. The molecule has 4 saturated carbocycles. The van der Waals surface area contributed by atoms with E-state index in [1.807, 2.05) is 30.5 Å². The first kappa shape index (κ1) is 20.8. The molecular formula is C28H28N2O2S. The predicted octanol–water partition coefficient (Wildman–Crippen LogP) is 6.95. The molecule has 4 nitrogen and oxygen atoms in total. The van der Waals surface area contributed by atoms with Gasteiger partial charge in [0.1, 0.15) is 5.75 Å². The van der Waals surface area contributed by atoms with E-state index in [4.69, 9.17) is 14.7 Å². The van der Waals surface area contributed by atoms with Crippen LogP contribution in [0.5, 0.6) is 5.75 Å².